The summed E-state index contributed by atoms with van der Waals surface area (Å²) in [7, 11) is 1.72. The van der Waals surface area contributed by atoms with Gasteiger partial charge in [0.05, 0.1) is 6.04 Å². The van der Waals surface area contributed by atoms with E-state index in [1.807, 2.05) is 20.8 Å². The molecular formula is C22H36FN3O3. The fourth-order valence-corrected chi connectivity index (χ4v) is 3.36. The molecule has 1 atom stereocenters. The van der Waals surface area contributed by atoms with Crippen LogP contribution in [0.25, 0.3) is 0 Å². The highest BCUT2D eigenvalue weighted by atomic mass is 19.1. The predicted octanol–water partition coefficient (Wildman–Crippen LogP) is 3.42. The van der Waals surface area contributed by atoms with E-state index in [0.29, 0.717) is 0 Å². The average molecular weight is 410 g/mol. The number of likely N-dealkylation sites (tertiary alicyclic amines) is 1. The minimum atomic E-state index is -0.401. The van der Waals surface area contributed by atoms with Crippen molar-refractivity contribution in [2.45, 2.75) is 52.1 Å². The maximum Gasteiger partial charge on any atom is 0.315 e. The summed E-state index contributed by atoms with van der Waals surface area (Å²) in [4.78, 5) is 15.0. The Bertz CT molecular complexity index is 628. The molecule has 1 aliphatic rings. The zero-order valence-electron chi connectivity index (χ0n) is 18.2. The Labute approximate surface area is 174 Å². The van der Waals surface area contributed by atoms with Gasteiger partial charge in [0.25, 0.3) is 0 Å². The minimum absolute atomic E-state index is 0.168. The number of para-hydroxylation sites is 1. The fraction of sp³-hybridized carbons (Fsp3) is 0.682. The number of carbonyl (C=O) groups excluding carboxylic acids is 1. The van der Waals surface area contributed by atoms with E-state index in [1.54, 1.807) is 25.3 Å². The van der Waals surface area contributed by atoms with E-state index < -0.39 is 5.82 Å². The zero-order valence-corrected chi connectivity index (χ0v) is 18.2. The topological polar surface area (TPSA) is 62.8 Å². The largest absolute Gasteiger partial charge is 0.488 e. The molecule has 1 aromatic carbocycles. The summed E-state index contributed by atoms with van der Waals surface area (Å²) in [6, 6.07) is 6.03. The summed E-state index contributed by atoms with van der Waals surface area (Å²) in [5.41, 5.74) is -0.229. The number of benzene rings is 1. The van der Waals surface area contributed by atoms with Gasteiger partial charge in [-0.3, -0.25) is 0 Å². The van der Waals surface area contributed by atoms with Gasteiger partial charge >= 0.3 is 6.03 Å². The third-order valence-corrected chi connectivity index (χ3v) is 5.34. The highest BCUT2D eigenvalue weighted by molar-refractivity contribution is 5.74. The number of halogens is 1. The summed E-state index contributed by atoms with van der Waals surface area (Å²) in [5.74, 6) is -0.202. The lowest BCUT2D eigenvalue weighted by Gasteiger charge is -2.34. The van der Waals surface area contributed by atoms with Crippen molar-refractivity contribution in [2.75, 3.05) is 40.0 Å². The van der Waals surface area contributed by atoms with Crippen molar-refractivity contribution in [3.8, 4) is 5.75 Å². The first-order chi connectivity index (χ1) is 13.8. The molecule has 0 aromatic heterocycles. The van der Waals surface area contributed by atoms with Gasteiger partial charge in [-0.2, -0.15) is 0 Å². The normalized spacial score (nSPS) is 17.0. The Hall–Kier alpha value is -1.86. The number of carbonyl (C=O) groups is 1. The molecule has 1 unspecified atom stereocenters. The van der Waals surface area contributed by atoms with Gasteiger partial charge in [-0.1, -0.05) is 32.9 Å². The smallest absolute Gasteiger partial charge is 0.315 e. The number of urea groups is 1. The van der Waals surface area contributed by atoms with Crippen molar-refractivity contribution >= 4 is 6.03 Å². The summed E-state index contributed by atoms with van der Waals surface area (Å²) in [6.07, 6.45) is 2.91. The third-order valence-electron chi connectivity index (χ3n) is 5.34. The standard InChI is InChI=1S/C22H36FN3O3/c1-22(2,3)20(16-29-19-9-6-5-8-18(19)23)25-21(27)24-17-10-13-26(14-11-17)12-7-15-28-4/h5-6,8-9,17,20H,7,10-16H2,1-4H3,(H2,24,25,27). The Kier molecular flexibility index (Phi) is 9.17. The van der Waals surface area contributed by atoms with Crippen LogP contribution in [-0.4, -0.2) is 63.0 Å². The Morgan fingerprint density at radius 1 is 1.28 bits per heavy atom. The van der Waals surface area contributed by atoms with E-state index in [2.05, 4.69) is 15.5 Å². The molecule has 1 fully saturated rings. The Balaban J connectivity index is 1.79. The molecular weight excluding hydrogens is 373 g/mol. The van der Waals surface area contributed by atoms with Crippen LogP contribution in [0, 0.1) is 11.2 Å². The van der Waals surface area contributed by atoms with Crippen LogP contribution in [0.2, 0.25) is 0 Å². The lowest BCUT2D eigenvalue weighted by Crippen LogP contribution is -2.54. The van der Waals surface area contributed by atoms with Gasteiger partial charge in [0.2, 0.25) is 0 Å². The van der Waals surface area contributed by atoms with E-state index in [4.69, 9.17) is 9.47 Å². The molecule has 1 heterocycles. The average Bonchev–Trinajstić information content (AvgIpc) is 2.67. The molecule has 0 spiro atoms. The van der Waals surface area contributed by atoms with Crippen LogP contribution in [0.15, 0.2) is 24.3 Å². The lowest BCUT2D eigenvalue weighted by molar-refractivity contribution is 0.148. The number of hydrogen-bond acceptors (Lipinski definition) is 4. The van der Waals surface area contributed by atoms with Gasteiger partial charge in [0, 0.05) is 39.4 Å². The number of nitrogens with one attached hydrogen (secondary N) is 2. The number of amides is 2. The molecule has 6 nitrogen and oxygen atoms in total. The van der Waals surface area contributed by atoms with Gasteiger partial charge in [-0.25, -0.2) is 9.18 Å². The third kappa shape index (κ3) is 8.19. The lowest BCUT2D eigenvalue weighted by atomic mass is 9.87. The molecule has 1 aliphatic heterocycles. The molecule has 7 heteroatoms. The second-order valence-corrected chi connectivity index (χ2v) is 8.74. The second kappa shape index (κ2) is 11.4. The van der Waals surface area contributed by atoms with Crippen LogP contribution < -0.4 is 15.4 Å². The van der Waals surface area contributed by atoms with Crippen LogP contribution in [0.5, 0.6) is 5.75 Å². The minimum Gasteiger partial charge on any atom is -0.488 e. The van der Waals surface area contributed by atoms with Crippen LogP contribution in [0.3, 0.4) is 0 Å². The van der Waals surface area contributed by atoms with E-state index in [-0.39, 0.29) is 35.9 Å². The monoisotopic (exact) mass is 409 g/mol. The van der Waals surface area contributed by atoms with Crippen molar-refractivity contribution in [1.82, 2.24) is 15.5 Å². The quantitative estimate of drug-likeness (QED) is 0.614. The van der Waals surface area contributed by atoms with Crippen molar-refractivity contribution in [3.63, 3.8) is 0 Å². The molecule has 0 aliphatic carbocycles. The van der Waals surface area contributed by atoms with E-state index in [1.165, 1.54) is 6.07 Å². The van der Waals surface area contributed by atoms with Gasteiger partial charge < -0.3 is 25.0 Å². The number of hydrogen-bond donors (Lipinski definition) is 2. The van der Waals surface area contributed by atoms with Gasteiger partial charge in [0.1, 0.15) is 6.61 Å². The van der Waals surface area contributed by atoms with Gasteiger partial charge in [-0.05, 0) is 36.8 Å². The zero-order chi connectivity index (χ0) is 21.3. The highest BCUT2D eigenvalue weighted by Crippen LogP contribution is 2.22. The fourth-order valence-electron chi connectivity index (χ4n) is 3.36. The van der Waals surface area contributed by atoms with E-state index in [9.17, 15) is 9.18 Å². The molecule has 2 amide bonds. The van der Waals surface area contributed by atoms with Crippen molar-refractivity contribution in [2.24, 2.45) is 5.41 Å². The van der Waals surface area contributed by atoms with Gasteiger partial charge in [-0.15, -0.1) is 0 Å². The van der Waals surface area contributed by atoms with E-state index in [0.717, 1.165) is 45.5 Å². The van der Waals surface area contributed by atoms with Crippen LogP contribution >= 0.6 is 0 Å². The SMILES string of the molecule is COCCCN1CCC(NC(=O)NC(COc2ccccc2F)C(C)(C)C)CC1. The first-order valence-electron chi connectivity index (χ1n) is 10.4. The molecule has 2 rings (SSSR count). The van der Waals surface area contributed by atoms with Gasteiger partial charge in [0.15, 0.2) is 11.6 Å². The highest BCUT2D eigenvalue weighted by Gasteiger charge is 2.28. The number of ether oxygens (including phenoxy) is 2. The Morgan fingerprint density at radius 3 is 2.59 bits per heavy atom. The molecule has 0 bridgehead atoms. The van der Waals surface area contributed by atoms with E-state index >= 15 is 0 Å². The first-order valence-corrected chi connectivity index (χ1v) is 10.4. The summed E-state index contributed by atoms with van der Waals surface area (Å²) >= 11 is 0. The summed E-state index contributed by atoms with van der Waals surface area (Å²) in [6.45, 7) is 10.1. The molecule has 164 valence electrons. The molecule has 0 saturated carbocycles. The first kappa shape index (κ1) is 23.4. The van der Waals surface area contributed by atoms with Crippen molar-refractivity contribution < 1.29 is 18.7 Å². The van der Waals surface area contributed by atoms with Crippen LogP contribution in [0.1, 0.15) is 40.0 Å². The maximum atomic E-state index is 13.8. The Morgan fingerprint density at radius 2 is 1.97 bits per heavy atom. The summed E-state index contributed by atoms with van der Waals surface area (Å²) < 4.78 is 24.5. The van der Waals surface area contributed by atoms with Crippen molar-refractivity contribution in [1.29, 1.82) is 0 Å². The summed E-state index contributed by atoms with van der Waals surface area (Å²) in [5, 5.41) is 6.11. The van der Waals surface area contributed by atoms with Crippen LogP contribution in [0.4, 0.5) is 9.18 Å². The second-order valence-electron chi connectivity index (χ2n) is 8.74. The number of rotatable bonds is 9. The number of nitrogens with zero attached hydrogens (tertiary/aromatic N) is 1. The van der Waals surface area contributed by atoms with Crippen molar-refractivity contribution in [3.05, 3.63) is 30.1 Å². The number of piperidine rings is 1. The molecule has 1 aromatic rings. The number of methoxy groups -OCH3 is 1. The molecule has 1 saturated heterocycles. The maximum absolute atomic E-state index is 13.8. The molecule has 2 N–H and O–H groups in total. The molecule has 29 heavy (non-hydrogen) atoms. The molecule has 0 radical (unpaired) electrons. The van der Waals surface area contributed by atoms with Crippen LogP contribution in [-0.2, 0) is 4.74 Å². The predicted molar refractivity (Wildman–Crippen MR) is 113 cm³/mol.